The van der Waals surface area contributed by atoms with Crippen LogP contribution in [0, 0.1) is 0 Å². The third-order valence-electron chi connectivity index (χ3n) is 2.75. The van der Waals surface area contributed by atoms with E-state index >= 15 is 0 Å². The first-order valence-corrected chi connectivity index (χ1v) is 8.36. The van der Waals surface area contributed by atoms with Gasteiger partial charge < -0.3 is 5.32 Å². The predicted molar refractivity (Wildman–Crippen MR) is 68.8 cm³/mol. The molecule has 2 rings (SSSR count). The third kappa shape index (κ3) is 3.13. The van der Waals surface area contributed by atoms with Crippen LogP contribution < -0.4 is 5.32 Å². The van der Waals surface area contributed by atoms with E-state index in [1.807, 2.05) is 0 Å². The fourth-order valence-electron chi connectivity index (χ4n) is 1.95. The molecule has 0 aromatic rings. The monoisotopic (exact) mass is 262 g/mol. The summed E-state index contributed by atoms with van der Waals surface area (Å²) >= 11 is 1.69. The van der Waals surface area contributed by atoms with E-state index in [1.165, 1.54) is 0 Å². The molecule has 0 aromatic carbocycles. The molecule has 1 N–H and O–H groups in total. The van der Waals surface area contributed by atoms with Gasteiger partial charge in [-0.2, -0.15) is 0 Å². The van der Waals surface area contributed by atoms with Gasteiger partial charge in [0.15, 0.2) is 15.0 Å². The molecule has 6 heteroatoms. The molecule has 2 heterocycles. The van der Waals surface area contributed by atoms with Crippen molar-refractivity contribution in [1.29, 1.82) is 0 Å². The molecular formula is C10H18N2O2S2. The van der Waals surface area contributed by atoms with E-state index in [0.29, 0.717) is 5.75 Å². The first-order chi connectivity index (χ1) is 7.36. The van der Waals surface area contributed by atoms with Crippen LogP contribution in [0.1, 0.15) is 26.7 Å². The Morgan fingerprint density at radius 3 is 2.81 bits per heavy atom. The number of amidine groups is 1. The van der Waals surface area contributed by atoms with Crippen molar-refractivity contribution in [2.24, 2.45) is 4.99 Å². The molecule has 2 aliphatic heterocycles. The van der Waals surface area contributed by atoms with Gasteiger partial charge in [-0.1, -0.05) is 11.8 Å². The average molecular weight is 262 g/mol. The molecule has 2 aliphatic rings. The Bertz CT molecular complexity index is 401. The van der Waals surface area contributed by atoms with Crippen molar-refractivity contribution in [3.8, 4) is 0 Å². The molecule has 2 saturated heterocycles. The van der Waals surface area contributed by atoms with E-state index in [2.05, 4.69) is 24.2 Å². The maximum atomic E-state index is 11.5. The minimum atomic E-state index is -2.85. The lowest BCUT2D eigenvalue weighted by Gasteiger charge is -2.20. The second-order valence-corrected chi connectivity index (χ2v) is 8.33. The lowest BCUT2D eigenvalue weighted by Crippen LogP contribution is -2.38. The number of nitrogens with one attached hydrogen (secondary N) is 1. The van der Waals surface area contributed by atoms with Crippen LogP contribution in [0.3, 0.4) is 0 Å². The van der Waals surface area contributed by atoms with Gasteiger partial charge in [-0.05, 0) is 26.7 Å². The highest BCUT2D eigenvalue weighted by Gasteiger charge is 2.30. The van der Waals surface area contributed by atoms with Crippen LogP contribution in [0.25, 0.3) is 0 Å². The maximum Gasteiger partial charge on any atom is 0.157 e. The Balaban J connectivity index is 2.02. The maximum absolute atomic E-state index is 11.5. The minimum Gasteiger partial charge on any atom is -0.359 e. The van der Waals surface area contributed by atoms with E-state index in [0.717, 1.165) is 23.8 Å². The lowest BCUT2D eigenvalue weighted by molar-refractivity contribution is 0.530. The average Bonchev–Trinajstić information content (AvgIpc) is 2.43. The van der Waals surface area contributed by atoms with Crippen molar-refractivity contribution >= 4 is 26.8 Å². The molecule has 0 aliphatic carbocycles. The van der Waals surface area contributed by atoms with Gasteiger partial charge in [0.25, 0.3) is 0 Å². The Kier molecular flexibility index (Phi) is 3.22. The van der Waals surface area contributed by atoms with Crippen molar-refractivity contribution in [3.05, 3.63) is 0 Å². The fourth-order valence-corrected chi connectivity index (χ4v) is 4.69. The van der Waals surface area contributed by atoms with Crippen LogP contribution in [0.5, 0.6) is 0 Å². The quantitative estimate of drug-likeness (QED) is 0.767. The van der Waals surface area contributed by atoms with Crippen molar-refractivity contribution in [1.82, 2.24) is 5.32 Å². The van der Waals surface area contributed by atoms with Crippen LogP contribution in [-0.4, -0.2) is 42.4 Å². The first kappa shape index (κ1) is 12.2. The highest BCUT2D eigenvalue weighted by Crippen LogP contribution is 2.24. The molecule has 0 amide bonds. The molecule has 1 atom stereocenters. The summed E-state index contributed by atoms with van der Waals surface area (Å²) in [7, 11) is -2.85. The summed E-state index contributed by atoms with van der Waals surface area (Å²) in [5.74, 6) is 1.55. The number of sulfone groups is 1. The number of thioether (sulfide) groups is 1. The molecule has 0 bridgehead atoms. The largest absolute Gasteiger partial charge is 0.359 e. The summed E-state index contributed by atoms with van der Waals surface area (Å²) in [5, 5.41) is 4.23. The fraction of sp³-hybridized carbons (Fsp3) is 0.900. The van der Waals surface area contributed by atoms with Crippen LogP contribution in [0.2, 0.25) is 0 Å². The highest BCUT2D eigenvalue weighted by atomic mass is 32.2. The number of rotatable bonds is 1. The SMILES string of the molecule is CC1(C)CSC(=NC2CCCS(=O)(=O)C2)N1. The van der Waals surface area contributed by atoms with E-state index in [4.69, 9.17) is 0 Å². The zero-order chi connectivity index (χ0) is 11.8. The number of aliphatic imine (C=N–C) groups is 1. The van der Waals surface area contributed by atoms with Gasteiger partial charge >= 0.3 is 0 Å². The summed E-state index contributed by atoms with van der Waals surface area (Å²) < 4.78 is 22.9. The molecular weight excluding hydrogens is 244 g/mol. The van der Waals surface area contributed by atoms with Gasteiger partial charge in [-0.15, -0.1) is 0 Å². The van der Waals surface area contributed by atoms with Gasteiger partial charge in [0.2, 0.25) is 0 Å². The Morgan fingerprint density at radius 2 is 2.25 bits per heavy atom. The second kappa shape index (κ2) is 4.22. The lowest BCUT2D eigenvalue weighted by atomic mass is 10.1. The molecule has 4 nitrogen and oxygen atoms in total. The van der Waals surface area contributed by atoms with E-state index < -0.39 is 9.84 Å². The van der Waals surface area contributed by atoms with Crippen LogP contribution in [-0.2, 0) is 9.84 Å². The molecule has 2 fully saturated rings. The summed E-state index contributed by atoms with van der Waals surface area (Å²) in [6, 6.07) is -0.0392. The second-order valence-electron chi connectivity index (χ2n) is 5.14. The number of hydrogen-bond acceptors (Lipinski definition) is 4. The predicted octanol–water partition coefficient (Wildman–Crippen LogP) is 1.03. The van der Waals surface area contributed by atoms with Crippen molar-refractivity contribution < 1.29 is 8.42 Å². The Hall–Kier alpha value is -0.230. The smallest absolute Gasteiger partial charge is 0.157 e. The molecule has 0 spiro atoms. The third-order valence-corrected chi connectivity index (χ3v) is 5.90. The molecule has 16 heavy (non-hydrogen) atoms. The summed E-state index contributed by atoms with van der Waals surface area (Å²) in [6.45, 7) is 4.25. The van der Waals surface area contributed by atoms with E-state index in [9.17, 15) is 8.42 Å². The standard InChI is InChI=1S/C10H18N2O2S2/c1-10(2)7-15-9(12-10)11-8-4-3-5-16(13,14)6-8/h8H,3-7H2,1-2H3,(H,11,12). The van der Waals surface area contributed by atoms with Crippen molar-refractivity contribution in [2.45, 2.75) is 38.3 Å². The van der Waals surface area contributed by atoms with E-state index in [-0.39, 0.29) is 17.3 Å². The van der Waals surface area contributed by atoms with Gasteiger partial charge in [0.1, 0.15) is 0 Å². The zero-order valence-corrected chi connectivity index (χ0v) is 11.3. The van der Waals surface area contributed by atoms with Gasteiger partial charge in [-0.25, -0.2) is 8.42 Å². The first-order valence-electron chi connectivity index (χ1n) is 5.56. The topological polar surface area (TPSA) is 58.5 Å². The molecule has 0 radical (unpaired) electrons. The summed E-state index contributed by atoms with van der Waals surface area (Å²) in [6.07, 6.45) is 1.64. The van der Waals surface area contributed by atoms with Gasteiger partial charge in [0, 0.05) is 11.3 Å². The zero-order valence-electron chi connectivity index (χ0n) is 9.69. The number of hydrogen-bond donors (Lipinski definition) is 1. The van der Waals surface area contributed by atoms with E-state index in [1.54, 1.807) is 11.8 Å². The van der Waals surface area contributed by atoms with Crippen LogP contribution in [0.15, 0.2) is 4.99 Å². The van der Waals surface area contributed by atoms with Crippen LogP contribution >= 0.6 is 11.8 Å². The molecule has 0 saturated carbocycles. The number of nitrogens with zero attached hydrogens (tertiary/aromatic N) is 1. The molecule has 0 aromatic heterocycles. The Labute approximate surface area is 101 Å². The van der Waals surface area contributed by atoms with Crippen molar-refractivity contribution in [2.75, 3.05) is 17.3 Å². The molecule has 1 unspecified atom stereocenters. The van der Waals surface area contributed by atoms with Gasteiger partial charge in [-0.3, -0.25) is 4.99 Å². The van der Waals surface area contributed by atoms with Gasteiger partial charge in [0.05, 0.1) is 17.5 Å². The molecule has 92 valence electrons. The van der Waals surface area contributed by atoms with Crippen LogP contribution in [0.4, 0.5) is 0 Å². The summed E-state index contributed by atoms with van der Waals surface area (Å²) in [4.78, 5) is 4.52. The highest BCUT2D eigenvalue weighted by molar-refractivity contribution is 8.14. The minimum absolute atomic E-state index is 0.0392. The Morgan fingerprint density at radius 1 is 1.50 bits per heavy atom. The summed E-state index contributed by atoms with van der Waals surface area (Å²) in [5.41, 5.74) is 0.0804. The van der Waals surface area contributed by atoms with Crippen molar-refractivity contribution in [3.63, 3.8) is 0 Å². The normalized spacial score (nSPS) is 34.9.